The van der Waals surface area contributed by atoms with Gasteiger partial charge in [0.15, 0.2) is 0 Å². The van der Waals surface area contributed by atoms with Gasteiger partial charge in [-0.05, 0) is 31.0 Å². The van der Waals surface area contributed by atoms with Crippen molar-refractivity contribution in [3.8, 4) is 0 Å². The lowest BCUT2D eigenvalue weighted by atomic mass is 10.2. The zero-order valence-corrected chi connectivity index (χ0v) is 12.5. The molecule has 0 saturated heterocycles. The van der Waals surface area contributed by atoms with Crippen LogP contribution >= 0.6 is 0 Å². The van der Waals surface area contributed by atoms with E-state index in [1.807, 2.05) is 12.3 Å². The summed E-state index contributed by atoms with van der Waals surface area (Å²) in [7, 11) is 3.59. The summed E-state index contributed by atoms with van der Waals surface area (Å²) < 4.78 is 3.25. The van der Waals surface area contributed by atoms with Crippen LogP contribution in [0.4, 0.5) is 0 Å². The van der Waals surface area contributed by atoms with Gasteiger partial charge in [0.05, 0.1) is 21.8 Å². The summed E-state index contributed by atoms with van der Waals surface area (Å²) in [6, 6.07) is 5.64. The van der Waals surface area contributed by atoms with E-state index in [9.17, 15) is 9.59 Å². The molecule has 4 rings (SSSR count). The van der Waals surface area contributed by atoms with Crippen LogP contribution in [0.15, 0.2) is 40.2 Å². The lowest BCUT2D eigenvalue weighted by molar-refractivity contribution is 0.706. The summed E-state index contributed by atoms with van der Waals surface area (Å²) in [5.74, 6) is 0. The third-order valence-corrected chi connectivity index (χ3v) is 4.12. The molecule has 1 fully saturated rings. The average molecular weight is 296 g/mol. The Bertz CT molecular complexity index is 941. The van der Waals surface area contributed by atoms with Crippen molar-refractivity contribution < 1.29 is 0 Å². The van der Waals surface area contributed by atoms with E-state index in [1.54, 1.807) is 42.0 Å². The van der Waals surface area contributed by atoms with Crippen LogP contribution in [0, 0.1) is 0 Å². The number of pyridine rings is 3. The van der Waals surface area contributed by atoms with Gasteiger partial charge in [-0.15, -0.1) is 0 Å². The normalized spacial score (nSPS) is 14.6. The number of aromatic nitrogens is 3. The van der Waals surface area contributed by atoms with Crippen LogP contribution in [0.25, 0.3) is 21.8 Å². The third-order valence-electron chi connectivity index (χ3n) is 4.12. The number of rotatable bonds is 2. The van der Waals surface area contributed by atoms with Gasteiger partial charge in [-0.25, -0.2) is 9.66 Å². The lowest BCUT2D eigenvalue weighted by Crippen LogP contribution is -2.35. The second-order valence-corrected chi connectivity index (χ2v) is 5.93. The highest BCUT2D eigenvalue weighted by Crippen LogP contribution is 2.33. The molecule has 3 aromatic heterocycles. The number of fused-ring (bicyclic) bond motifs is 2. The minimum atomic E-state index is -0.168. The highest BCUT2D eigenvalue weighted by Gasteiger charge is 2.25. The van der Waals surface area contributed by atoms with Crippen molar-refractivity contribution in [2.75, 3.05) is 19.1 Å². The Kier molecular flexibility index (Phi) is 2.63. The number of hydrogen-bond acceptors (Lipinski definition) is 4. The van der Waals surface area contributed by atoms with E-state index >= 15 is 0 Å². The smallest absolute Gasteiger partial charge is 0.278 e. The lowest BCUT2D eigenvalue weighted by Gasteiger charge is -2.16. The molecule has 0 aliphatic heterocycles. The van der Waals surface area contributed by atoms with Crippen LogP contribution in [-0.4, -0.2) is 28.3 Å². The molecule has 0 bridgehead atoms. The number of nitrogens with zero attached hydrogens (tertiary/aromatic N) is 4. The van der Waals surface area contributed by atoms with Crippen molar-refractivity contribution in [1.82, 2.24) is 14.2 Å². The Hall–Kier alpha value is -2.63. The molecule has 3 aromatic rings. The Balaban J connectivity index is 2.08. The Morgan fingerprint density at radius 3 is 2.32 bits per heavy atom. The zero-order valence-electron chi connectivity index (χ0n) is 12.5. The van der Waals surface area contributed by atoms with Crippen LogP contribution in [0.2, 0.25) is 0 Å². The maximum Gasteiger partial charge on any atom is 0.278 e. The van der Waals surface area contributed by atoms with E-state index in [4.69, 9.17) is 0 Å². The molecule has 6 heteroatoms. The summed E-state index contributed by atoms with van der Waals surface area (Å²) in [5.41, 5.74) is 1.02. The molecule has 22 heavy (non-hydrogen) atoms. The van der Waals surface area contributed by atoms with E-state index in [0.29, 0.717) is 27.8 Å². The molecule has 6 nitrogen and oxygen atoms in total. The topological polar surface area (TPSA) is 60.1 Å². The molecule has 0 amide bonds. The SMILES string of the molecule is CN(C)n1ccc2nc3ccn(C4CC4)c(=O)c3cc2c1=O. The van der Waals surface area contributed by atoms with Gasteiger partial charge in [0, 0.05) is 32.5 Å². The fraction of sp³-hybridized carbons (Fsp3) is 0.312. The van der Waals surface area contributed by atoms with E-state index in [-0.39, 0.29) is 11.1 Å². The predicted molar refractivity (Wildman–Crippen MR) is 86.1 cm³/mol. The van der Waals surface area contributed by atoms with Crippen molar-refractivity contribution in [3.05, 3.63) is 51.3 Å². The zero-order chi connectivity index (χ0) is 15.4. The fourth-order valence-corrected chi connectivity index (χ4v) is 2.78. The van der Waals surface area contributed by atoms with Crippen LogP contribution in [-0.2, 0) is 0 Å². The number of hydrogen-bond donors (Lipinski definition) is 0. The van der Waals surface area contributed by atoms with E-state index in [1.165, 1.54) is 4.68 Å². The molecule has 0 N–H and O–H groups in total. The minimum Gasteiger partial charge on any atom is -0.316 e. The highest BCUT2D eigenvalue weighted by molar-refractivity contribution is 5.91. The van der Waals surface area contributed by atoms with Gasteiger partial charge >= 0.3 is 0 Å². The van der Waals surface area contributed by atoms with Crippen molar-refractivity contribution in [2.45, 2.75) is 18.9 Å². The van der Waals surface area contributed by atoms with Gasteiger partial charge in [0.2, 0.25) is 0 Å². The molecule has 0 aromatic carbocycles. The average Bonchev–Trinajstić information content (AvgIpc) is 3.31. The van der Waals surface area contributed by atoms with Gasteiger partial charge in [-0.3, -0.25) is 9.59 Å². The second-order valence-electron chi connectivity index (χ2n) is 5.93. The van der Waals surface area contributed by atoms with Crippen molar-refractivity contribution in [1.29, 1.82) is 0 Å². The first kappa shape index (κ1) is 13.1. The molecule has 3 heterocycles. The second kappa shape index (κ2) is 4.43. The van der Waals surface area contributed by atoms with Crippen molar-refractivity contribution in [2.24, 2.45) is 0 Å². The first-order valence-electron chi connectivity index (χ1n) is 7.31. The van der Waals surface area contributed by atoms with Crippen LogP contribution in [0.5, 0.6) is 0 Å². The van der Waals surface area contributed by atoms with Gasteiger partial charge in [-0.2, -0.15) is 0 Å². The molecule has 0 radical (unpaired) electrons. The van der Waals surface area contributed by atoms with Crippen molar-refractivity contribution >= 4 is 21.8 Å². The Morgan fingerprint density at radius 2 is 1.68 bits per heavy atom. The summed E-state index contributed by atoms with van der Waals surface area (Å²) in [6.07, 6.45) is 5.58. The summed E-state index contributed by atoms with van der Waals surface area (Å²) >= 11 is 0. The van der Waals surface area contributed by atoms with Crippen LogP contribution in [0.1, 0.15) is 18.9 Å². The molecule has 1 aliphatic carbocycles. The van der Waals surface area contributed by atoms with Crippen LogP contribution < -0.4 is 16.1 Å². The maximum absolute atomic E-state index is 12.6. The molecule has 1 saturated carbocycles. The monoisotopic (exact) mass is 296 g/mol. The standard InChI is InChI=1S/C16H16N4O2/c1-18(2)20-8-6-14-12(16(20)22)9-11-13(17-14)5-7-19(15(11)21)10-3-4-10/h5-10H,3-4H2,1-2H3. The van der Waals surface area contributed by atoms with E-state index in [0.717, 1.165) is 12.8 Å². The molecule has 1 aliphatic rings. The van der Waals surface area contributed by atoms with Crippen LogP contribution in [0.3, 0.4) is 0 Å². The molecular formula is C16H16N4O2. The first-order valence-corrected chi connectivity index (χ1v) is 7.31. The maximum atomic E-state index is 12.6. The quantitative estimate of drug-likeness (QED) is 0.668. The van der Waals surface area contributed by atoms with E-state index in [2.05, 4.69) is 4.98 Å². The first-order chi connectivity index (χ1) is 10.6. The molecule has 0 unspecified atom stereocenters. The minimum absolute atomic E-state index is 0.0611. The summed E-state index contributed by atoms with van der Waals surface area (Å²) in [4.78, 5) is 29.6. The Morgan fingerprint density at radius 1 is 1.05 bits per heavy atom. The predicted octanol–water partition coefficient (Wildman–Crippen LogP) is 1.24. The van der Waals surface area contributed by atoms with Gasteiger partial charge < -0.3 is 9.58 Å². The van der Waals surface area contributed by atoms with E-state index < -0.39 is 0 Å². The van der Waals surface area contributed by atoms with Gasteiger partial charge in [-0.1, -0.05) is 0 Å². The summed E-state index contributed by atoms with van der Waals surface area (Å²) in [5, 5.41) is 2.67. The Labute approximate surface area is 126 Å². The molecule has 112 valence electrons. The molecule has 0 spiro atoms. The van der Waals surface area contributed by atoms with Gasteiger partial charge in [0.1, 0.15) is 0 Å². The largest absolute Gasteiger partial charge is 0.316 e. The van der Waals surface area contributed by atoms with Gasteiger partial charge in [0.25, 0.3) is 11.1 Å². The third kappa shape index (κ3) is 1.83. The fourth-order valence-electron chi connectivity index (χ4n) is 2.78. The summed E-state index contributed by atoms with van der Waals surface area (Å²) in [6.45, 7) is 0. The molecular weight excluding hydrogens is 280 g/mol. The van der Waals surface area contributed by atoms with Crippen molar-refractivity contribution in [3.63, 3.8) is 0 Å². The highest BCUT2D eigenvalue weighted by atomic mass is 16.1. The molecule has 0 atom stereocenters.